The van der Waals surface area contributed by atoms with Crippen LogP contribution in [0.2, 0.25) is 0 Å². The molecule has 18 heavy (non-hydrogen) atoms. The maximum absolute atomic E-state index is 11.9. The van der Waals surface area contributed by atoms with Crippen LogP contribution in [0.15, 0.2) is 0 Å². The van der Waals surface area contributed by atoms with Crippen LogP contribution in [-0.2, 0) is 9.53 Å². The van der Waals surface area contributed by atoms with E-state index in [9.17, 15) is 9.90 Å². The van der Waals surface area contributed by atoms with Gasteiger partial charge in [-0.25, -0.2) is 0 Å². The summed E-state index contributed by atoms with van der Waals surface area (Å²) < 4.78 is 5.48. The number of ether oxygens (including phenoxy) is 1. The van der Waals surface area contributed by atoms with Crippen molar-refractivity contribution in [3.63, 3.8) is 0 Å². The molecule has 0 radical (unpaired) electrons. The lowest BCUT2D eigenvalue weighted by Gasteiger charge is -2.41. The Morgan fingerprint density at radius 1 is 1.11 bits per heavy atom. The zero-order valence-electron chi connectivity index (χ0n) is 11.5. The zero-order chi connectivity index (χ0) is 13.0. The quantitative estimate of drug-likeness (QED) is 0.782. The lowest BCUT2D eigenvalue weighted by atomic mass is 9.64. The van der Waals surface area contributed by atoms with Crippen LogP contribution in [0.25, 0.3) is 0 Å². The first-order chi connectivity index (χ1) is 8.69. The average Bonchev–Trinajstić information content (AvgIpc) is 2.65. The molecule has 2 fully saturated rings. The van der Waals surface area contributed by atoms with Crippen molar-refractivity contribution in [2.24, 2.45) is 11.3 Å². The van der Waals surface area contributed by atoms with E-state index in [1.54, 1.807) is 7.11 Å². The van der Waals surface area contributed by atoms with Crippen LogP contribution in [0.4, 0.5) is 0 Å². The van der Waals surface area contributed by atoms with E-state index in [4.69, 9.17) is 4.74 Å². The fourth-order valence-corrected chi connectivity index (χ4v) is 4.02. The molecule has 0 heterocycles. The van der Waals surface area contributed by atoms with Crippen molar-refractivity contribution < 1.29 is 14.6 Å². The normalized spacial score (nSPS) is 32.7. The van der Waals surface area contributed by atoms with Gasteiger partial charge in [0.2, 0.25) is 0 Å². The summed E-state index contributed by atoms with van der Waals surface area (Å²) in [6.07, 6.45) is 10.9. The Labute approximate surface area is 110 Å². The van der Waals surface area contributed by atoms with Crippen LogP contribution in [0.1, 0.15) is 64.2 Å². The molecule has 2 atom stereocenters. The molecule has 104 valence electrons. The van der Waals surface area contributed by atoms with Gasteiger partial charge in [0.05, 0.1) is 11.5 Å². The first-order valence-corrected chi connectivity index (χ1v) is 7.45. The molecule has 1 N–H and O–H groups in total. The summed E-state index contributed by atoms with van der Waals surface area (Å²) in [5.41, 5.74) is -0.451. The van der Waals surface area contributed by atoms with E-state index in [0.29, 0.717) is 5.92 Å². The van der Waals surface area contributed by atoms with Gasteiger partial charge in [0.25, 0.3) is 0 Å². The zero-order valence-corrected chi connectivity index (χ0v) is 11.5. The predicted molar refractivity (Wildman–Crippen MR) is 70.5 cm³/mol. The Morgan fingerprint density at radius 2 is 1.78 bits per heavy atom. The van der Waals surface area contributed by atoms with E-state index in [1.165, 1.54) is 12.8 Å². The monoisotopic (exact) mass is 254 g/mol. The fraction of sp³-hybridized carbons (Fsp3) is 0.933. The Morgan fingerprint density at radius 3 is 2.33 bits per heavy atom. The molecule has 0 aromatic rings. The maximum atomic E-state index is 11.9. The highest BCUT2D eigenvalue weighted by Crippen LogP contribution is 2.48. The van der Waals surface area contributed by atoms with Gasteiger partial charge in [0.15, 0.2) is 0 Å². The summed E-state index contributed by atoms with van der Waals surface area (Å²) in [5.74, 6) is -0.224. The van der Waals surface area contributed by atoms with Crippen molar-refractivity contribution in [3.05, 3.63) is 0 Å². The molecule has 2 unspecified atom stereocenters. The van der Waals surface area contributed by atoms with Gasteiger partial charge in [0, 0.05) is 7.11 Å². The SMILES string of the molecule is COC1CCCC(C2(C(=O)O)CCCCCC2)C1. The van der Waals surface area contributed by atoms with Crippen molar-refractivity contribution in [1.29, 1.82) is 0 Å². The number of carboxylic acids is 1. The minimum absolute atomic E-state index is 0.281. The molecular formula is C15H26O3. The van der Waals surface area contributed by atoms with Gasteiger partial charge < -0.3 is 9.84 Å². The molecule has 3 nitrogen and oxygen atoms in total. The Kier molecular flexibility index (Phi) is 4.66. The lowest BCUT2D eigenvalue weighted by Crippen LogP contribution is -2.42. The van der Waals surface area contributed by atoms with Gasteiger partial charge >= 0.3 is 5.97 Å². The van der Waals surface area contributed by atoms with E-state index >= 15 is 0 Å². The lowest BCUT2D eigenvalue weighted by molar-refractivity contribution is -0.156. The van der Waals surface area contributed by atoms with Crippen LogP contribution >= 0.6 is 0 Å². The molecule has 0 aromatic heterocycles. The highest BCUT2D eigenvalue weighted by molar-refractivity contribution is 5.75. The Bertz CT molecular complexity index is 279. The topological polar surface area (TPSA) is 46.5 Å². The Balaban J connectivity index is 2.15. The second-order valence-corrected chi connectivity index (χ2v) is 6.10. The molecule has 2 saturated carbocycles. The summed E-state index contributed by atoms with van der Waals surface area (Å²) in [6.45, 7) is 0. The van der Waals surface area contributed by atoms with Gasteiger partial charge in [-0.05, 0) is 38.0 Å². The summed E-state index contributed by atoms with van der Waals surface area (Å²) in [7, 11) is 1.76. The first-order valence-electron chi connectivity index (χ1n) is 7.45. The minimum Gasteiger partial charge on any atom is -0.481 e. The summed E-state index contributed by atoms with van der Waals surface area (Å²) in [6, 6.07) is 0. The van der Waals surface area contributed by atoms with Crippen molar-refractivity contribution in [2.45, 2.75) is 70.3 Å². The number of hydrogen-bond donors (Lipinski definition) is 1. The van der Waals surface area contributed by atoms with Crippen molar-refractivity contribution in [2.75, 3.05) is 7.11 Å². The number of rotatable bonds is 3. The second-order valence-electron chi connectivity index (χ2n) is 6.10. The van der Waals surface area contributed by atoms with E-state index in [-0.39, 0.29) is 6.10 Å². The minimum atomic E-state index is -0.550. The average molecular weight is 254 g/mol. The Hall–Kier alpha value is -0.570. The van der Waals surface area contributed by atoms with Gasteiger partial charge in [-0.15, -0.1) is 0 Å². The van der Waals surface area contributed by atoms with E-state index in [1.807, 2.05) is 0 Å². The van der Waals surface area contributed by atoms with E-state index in [2.05, 4.69) is 0 Å². The number of methoxy groups -OCH3 is 1. The van der Waals surface area contributed by atoms with E-state index < -0.39 is 11.4 Å². The predicted octanol–water partition coefficient (Wildman–Crippen LogP) is 3.62. The number of aliphatic carboxylic acids is 1. The first kappa shape index (κ1) is 13.9. The van der Waals surface area contributed by atoms with Crippen molar-refractivity contribution in [3.8, 4) is 0 Å². The standard InChI is InChI=1S/C15H26O3/c1-18-13-8-6-7-12(11-13)15(14(16)17)9-4-2-3-5-10-15/h12-13H,2-11H2,1H3,(H,16,17). The summed E-state index contributed by atoms with van der Waals surface area (Å²) in [5, 5.41) is 9.78. The third-order valence-corrected chi connectivity index (χ3v) is 5.16. The molecule has 0 aliphatic heterocycles. The third kappa shape index (κ3) is 2.71. The highest BCUT2D eigenvalue weighted by atomic mass is 16.5. The molecule has 2 rings (SSSR count). The molecule has 0 aromatic carbocycles. The van der Waals surface area contributed by atoms with E-state index in [0.717, 1.165) is 51.4 Å². The molecule has 0 amide bonds. The van der Waals surface area contributed by atoms with Crippen LogP contribution in [0, 0.1) is 11.3 Å². The molecule has 0 bridgehead atoms. The molecular weight excluding hydrogens is 228 g/mol. The number of carbonyl (C=O) groups is 1. The fourth-order valence-electron chi connectivity index (χ4n) is 4.02. The van der Waals surface area contributed by atoms with Crippen LogP contribution in [0.5, 0.6) is 0 Å². The summed E-state index contributed by atoms with van der Waals surface area (Å²) in [4.78, 5) is 11.9. The molecule has 0 saturated heterocycles. The maximum Gasteiger partial charge on any atom is 0.309 e. The molecule has 2 aliphatic rings. The number of hydrogen-bond acceptors (Lipinski definition) is 2. The van der Waals surface area contributed by atoms with Crippen molar-refractivity contribution in [1.82, 2.24) is 0 Å². The molecule has 2 aliphatic carbocycles. The smallest absolute Gasteiger partial charge is 0.309 e. The highest BCUT2D eigenvalue weighted by Gasteiger charge is 2.46. The van der Waals surface area contributed by atoms with Crippen LogP contribution < -0.4 is 0 Å². The van der Waals surface area contributed by atoms with Gasteiger partial charge in [-0.1, -0.05) is 32.1 Å². The van der Waals surface area contributed by atoms with Gasteiger partial charge in [-0.2, -0.15) is 0 Å². The van der Waals surface area contributed by atoms with Gasteiger partial charge in [0.1, 0.15) is 0 Å². The van der Waals surface area contributed by atoms with Crippen molar-refractivity contribution >= 4 is 5.97 Å². The molecule has 0 spiro atoms. The summed E-state index contributed by atoms with van der Waals surface area (Å²) >= 11 is 0. The number of carboxylic acid groups (broad SMARTS) is 1. The van der Waals surface area contributed by atoms with Crippen LogP contribution in [-0.4, -0.2) is 24.3 Å². The third-order valence-electron chi connectivity index (χ3n) is 5.16. The molecule has 3 heteroatoms. The second kappa shape index (κ2) is 6.05. The van der Waals surface area contributed by atoms with Gasteiger partial charge in [-0.3, -0.25) is 4.79 Å². The van der Waals surface area contributed by atoms with Crippen LogP contribution in [0.3, 0.4) is 0 Å². The largest absolute Gasteiger partial charge is 0.481 e.